The second kappa shape index (κ2) is 8.69. The molecule has 3 aromatic rings. The third-order valence-corrected chi connectivity index (χ3v) is 5.97. The van der Waals surface area contributed by atoms with Crippen molar-refractivity contribution >= 4 is 11.9 Å². The van der Waals surface area contributed by atoms with E-state index in [1.807, 2.05) is 35.9 Å². The molecule has 8 heteroatoms. The number of oxime groups is 1. The van der Waals surface area contributed by atoms with Crippen LogP contribution in [0.1, 0.15) is 35.7 Å². The van der Waals surface area contributed by atoms with Crippen LogP contribution in [0.2, 0.25) is 0 Å². The fourth-order valence-electron chi connectivity index (χ4n) is 4.45. The molecule has 1 fully saturated rings. The van der Waals surface area contributed by atoms with E-state index in [1.165, 1.54) is 12.1 Å². The summed E-state index contributed by atoms with van der Waals surface area (Å²) in [7, 11) is 1.64. The van der Waals surface area contributed by atoms with Crippen LogP contribution in [0.4, 0.5) is 8.78 Å². The van der Waals surface area contributed by atoms with Gasteiger partial charge in [0.2, 0.25) is 0 Å². The van der Waals surface area contributed by atoms with Crippen molar-refractivity contribution in [3.8, 4) is 11.4 Å². The summed E-state index contributed by atoms with van der Waals surface area (Å²) < 4.78 is 35.2. The summed E-state index contributed by atoms with van der Waals surface area (Å²) in [5.41, 5.74) is 4.34. The zero-order valence-electron chi connectivity index (χ0n) is 18.5. The van der Waals surface area contributed by atoms with Gasteiger partial charge >= 0.3 is 0 Å². The van der Waals surface area contributed by atoms with Gasteiger partial charge in [0, 0.05) is 18.8 Å². The zero-order valence-corrected chi connectivity index (χ0v) is 18.5. The fourth-order valence-corrected chi connectivity index (χ4v) is 4.45. The highest BCUT2D eigenvalue weighted by atomic mass is 19.1. The number of nitrogens with zero attached hydrogens (tertiary/aromatic N) is 4. The molecule has 5 rings (SSSR count). The number of imidazole rings is 1. The lowest BCUT2D eigenvalue weighted by atomic mass is 9.96. The first-order chi connectivity index (χ1) is 16.0. The van der Waals surface area contributed by atoms with Crippen LogP contribution in [-0.2, 0) is 4.84 Å². The van der Waals surface area contributed by atoms with Crippen LogP contribution < -0.4 is 4.74 Å². The van der Waals surface area contributed by atoms with E-state index in [9.17, 15) is 8.78 Å². The third-order valence-electron chi connectivity index (χ3n) is 5.97. The van der Waals surface area contributed by atoms with Gasteiger partial charge in [0.05, 0.1) is 30.9 Å². The van der Waals surface area contributed by atoms with E-state index in [-0.39, 0.29) is 12.6 Å². The summed E-state index contributed by atoms with van der Waals surface area (Å²) in [4.78, 5) is 11.9. The monoisotopic (exact) mass is 450 g/mol. The van der Waals surface area contributed by atoms with Crippen LogP contribution in [0.25, 0.3) is 11.8 Å². The Kier molecular flexibility index (Phi) is 5.58. The van der Waals surface area contributed by atoms with Gasteiger partial charge in [0.15, 0.2) is 5.84 Å². The average Bonchev–Trinajstić information content (AvgIpc) is 3.24. The first kappa shape index (κ1) is 21.2. The van der Waals surface area contributed by atoms with E-state index >= 15 is 0 Å². The lowest BCUT2D eigenvalue weighted by molar-refractivity contribution is 0.0573. The van der Waals surface area contributed by atoms with E-state index in [4.69, 9.17) is 9.57 Å². The summed E-state index contributed by atoms with van der Waals surface area (Å²) in [6, 6.07) is 9.28. The molecule has 0 spiro atoms. The smallest absolute Gasteiger partial charge is 0.172 e. The summed E-state index contributed by atoms with van der Waals surface area (Å²) >= 11 is 0. The van der Waals surface area contributed by atoms with Gasteiger partial charge in [-0.3, -0.25) is 0 Å². The predicted molar refractivity (Wildman–Crippen MR) is 121 cm³/mol. The van der Waals surface area contributed by atoms with E-state index in [1.54, 1.807) is 13.4 Å². The standard InChI is InChI=1S/C25H24F2N4O2/c1-16-13-30(15-28-16)22-6-5-17(9-24(22)32-2)8-18-4-3-7-31-23(14-33-29-25(18)31)19-10-20(26)12-21(27)11-19/h5-6,8-13,15,23H,3-4,7,14H2,1-2H3/t23-/m0/s1. The minimum Gasteiger partial charge on any atom is -0.495 e. The van der Waals surface area contributed by atoms with Crippen molar-refractivity contribution in [2.24, 2.45) is 5.16 Å². The molecular formula is C25H24F2N4O2. The van der Waals surface area contributed by atoms with Crippen LogP contribution in [0.5, 0.6) is 5.75 Å². The molecule has 1 aromatic heterocycles. The summed E-state index contributed by atoms with van der Waals surface area (Å²) in [5, 5.41) is 4.30. The Bertz CT molecular complexity index is 1230. The van der Waals surface area contributed by atoms with Crippen LogP contribution in [0.15, 0.2) is 59.7 Å². The Hall–Kier alpha value is -3.68. The molecule has 0 unspecified atom stereocenters. The van der Waals surface area contributed by atoms with Crippen LogP contribution in [0.3, 0.4) is 0 Å². The number of hydrogen-bond donors (Lipinski definition) is 0. The van der Waals surface area contributed by atoms with Crippen molar-refractivity contribution in [1.29, 1.82) is 0 Å². The molecule has 0 radical (unpaired) electrons. The van der Waals surface area contributed by atoms with E-state index in [2.05, 4.69) is 21.1 Å². The molecule has 2 aliphatic heterocycles. The van der Waals surface area contributed by atoms with Gasteiger partial charge in [-0.25, -0.2) is 13.8 Å². The van der Waals surface area contributed by atoms with E-state index < -0.39 is 11.6 Å². The minimum atomic E-state index is -0.595. The number of aromatic nitrogens is 2. The molecule has 33 heavy (non-hydrogen) atoms. The molecule has 0 bridgehead atoms. The van der Waals surface area contributed by atoms with Gasteiger partial charge in [0.25, 0.3) is 0 Å². The number of benzene rings is 2. The number of rotatable bonds is 4. The van der Waals surface area contributed by atoms with Crippen LogP contribution in [0, 0.1) is 18.6 Å². The lowest BCUT2D eigenvalue weighted by Crippen LogP contribution is -2.44. The highest BCUT2D eigenvalue weighted by molar-refractivity contribution is 6.03. The van der Waals surface area contributed by atoms with Crippen LogP contribution in [-0.4, -0.2) is 40.5 Å². The maximum Gasteiger partial charge on any atom is 0.172 e. The van der Waals surface area contributed by atoms with Gasteiger partial charge in [-0.2, -0.15) is 0 Å². The number of fused-ring (bicyclic) bond motifs is 1. The number of ether oxygens (including phenoxy) is 1. The number of aryl methyl sites for hydroxylation is 1. The number of methoxy groups -OCH3 is 1. The SMILES string of the molecule is COc1cc(C=C2CCCN3C2=NOC[C@H]3c2cc(F)cc(F)c2)ccc1-n1cnc(C)c1. The number of piperidine rings is 1. The maximum atomic E-state index is 13.8. The van der Waals surface area contributed by atoms with Crippen molar-refractivity contribution in [3.63, 3.8) is 0 Å². The third kappa shape index (κ3) is 4.20. The molecular weight excluding hydrogens is 426 g/mol. The van der Waals surface area contributed by atoms with Crippen molar-refractivity contribution in [2.45, 2.75) is 25.8 Å². The molecule has 3 heterocycles. The second-order valence-electron chi connectivity index (χ2n) is 8.25. The second-order valence-corrected chi connectivity index (χ2v) is 8.25. The number of halogens is 2. The van der Waals surface area contributed by atoms with Gasteiger partial charge in [-0.1, -0.05) is 11.2 Å². The first-order valence-corrected chi connectivity index (χ1v) is 10.8. The molecule has 2 aromatic carbocycles. The number of amidine groups is 1. The molecule has 2 aliphatic rings. The van der Waals surface area contributed by atoms with Crippen molar-refractivity contribution in [1.82, 2.24) is 14.5 Å². The molecule has 6 nitrogen and oxygen atoms in total. The van der Waals surface area contributed by atoms with Gasteiger partial charge in [-0.05, 0) is 66.8 Å². The van der Waals surface area contributed by atoms with E-state index in [0.717, 1.165) is 53.7 Å². The van der Waals surface area contributed by atoms with E-state index in [0.29, 0.717) is 11.4 Å². The topological polar surface area (TPSA) is 51.9 Å². The summed E-state index contributed by atoms with van der Waals surface area (Å²) in [6.07, 6.45) is 7.50. The molecule has 170 valence electrons. The molecule has 0 N–H and O–H groups in total. The largest absolute Gasteiger partial charge is 0.495 e. The summed E-state index contributed by atoms with van der Waals surface area (Å²) in [6.45, 7) is 2.92. The Morgan fingerprint density at radius 2 is 1.97 bits per heavy atom. The molecule has 0 amide bonds. The normalized spacial score (nSPS) is 19.2. The van der Waals surface area contributed by atoms with Crippen LogP contribution >= 0.6 is 0 Å². The highest BCUT2D eigenvalue weighted by Crippen LogP contribution is 2.34. The van der Waals surface area contributed by atoms with Gasteiger partial charge in [0.1, 0.15) is 24.0 Å². The fraction of sp³-hybridized carbons (Fsp3) is 0.280. The summed E-state index contributed by atoms with van der Waals surface area (Å²) in [5.74, 6) is 0.240. The molecule has 0 aliphatic carbocycles. The highest BCUT2D eigenvalue weighted by Gasteiger charge is 2.33. The Morgan fingerprint density at radius 1 is 1.15 bits per heavy atom. The first-order valence-electron chi connectivity index (χ1n) is 10.8. The van der Waals surface area contributed by atoms with Gasteiger partial charge < -0.3 is 19.0 Å². The predicted octanol–water partition coefficient (Wildman–Crippen LogP) is 5.03. The Morgan fingerprint density at radius 3 is 2.70 bits per heavy atom. The molecule has 1 atom stereocenters. The average molecular weight is 450 g/mol. The Balaban J connectivity index is 1.46. The molecule has 0 saturated carbocycles. The maximum absolute atomic E-state index is 13.8. The van der Waals surface area contributed by atoms with Crippen molar-refractivity contribution < 1.29 is 18.4 Å². The van der Waals surface area contributed by atoms with Crippen molar-refractivity contribution in [3.05, 3.63) is 83.0 Å². The minimum absolute atomic E-state index is 0.243. The van der Waals surface area contributed by atoms with Crippen molar-refractivity contribution in [2.75, 3.05) is 20.3 Å². The van der Waals surface area contributed by atoms with Gasteiger partial charge in [-0.15, -0.1) is 0 Å². The number of hydrogen-bond acceptors (Lipinski definition) is 5. The quantitative estimate of drug-likeness (QED) is 0.559. The Labute approximate surface area is 190 Å². The zero-order chi connectivity index (χ0) is 22.9. The molecule has 1 saturated heterocycles. The lowest BCUT2D eigenvalue weighted by Gasteiger charge is -2.40.